The maximum atomic E-state index is 14.3. The van der Waals surface area contributed by atoms with Crippen LogP contribution >= 0.6 is 11.6 Å². The first kappa shape index (κ1) is 20.2. The number of H-pyrrole nitrogens is 2. The van der Waals surface area contributed by atoms with E-state index in [1.54, 1.807) is 30.2 Å². The van der Waals surface area contributed by atoms with Gasteiger partial charge in [-0.25, -0.2) is 14.2 Å². The first-order chi connectivity index (χ1) is 15.4. The van der Waals surface area contributed by atoms with Gasteiger partial charge in [0.05, 0.1) is 12.2 Å². The summed E-state index contributed by atoms with van der Waals surface area (Å²) in [6, 6.07) is 4.70. The van der Waals surface area contributed by atoms with E-state index in [9.17, 15) is 14.3 Å². The van der Waals surface area contributed by atoms with Gasteiger partial charge in [-0.2, -0.15) is 19.6 Å². The molecule has 1 aliphatic carbocycles. The minimum atomic E-state index is -0.536. The largest absolute Gasteiger partial charge is 0.493 e. The van der Waals surface area contributed by atoms with Crippen LogP contribution in [0.2, 0.25) is 5.02 Å². The zero-order valence-electron chi connectivity index (χ0n) is 16.9. The van der Waals surface area contributed by atoms with Crippen LogP contribution in [-0.4, -0.2) is 47.7 Å². The molecule has 0 saturated heterocycles. The van der Waals surface area contributed by atoms with Crippen molar-refractivity contribution in [2.24, 2.45) is 4.99 Å². The van der Waals surface area contributed by atoms with Crippen LogP contribution in [0, 0.1) is 5.82 Å². The van der Waals surface area contributed by atoms with Gasteiger partial charge >= 0.3 is 5.69 Å². The van der Waals surface area contributed by atoms with E-state index >= 15 is 0 Å². The predicted molar refractivity (Wildman–Crippen MR) is 115 cm³/mol. The van der Waals surface area contributed by atoms with E-state index in [4.69, 9.17) is 11.6 Å². The second kappa shape index (κ2) is 7.75. The molecular formula is C20H18ClFN8O2. The molecule has 0 spiro atoms. The Morgan fingerprint density at radius 2 is 2.19 bits per heavy atom. The summed E-state index contributed by atoms with van der Waals surface area (Å²) >= 11 is 6.18. The molecule has 1 fully saturated rings. The number of anilines is 1. The lowest BCUT2D eigenvalue weighted by Gasteiger charge is -2.18. The second-order valence-corrected chi connectivity index (χ2v) is 7.97. The van der Waals surface area contributed by atoms with Crippen molar-refractivity contribution in [3.63, 3.8) is 0 Å². The summed E-state index contributed by atoms with van der Waals surface area (Å²) in [6.07, 6.45) is 5.03. The topological polar surface area (TPSA) is 128 Å². The maximum Gasteiger partial charge on any atom is 0.326 e. The standard InChI is InChI=1S/C20H18ClFN8O2/c1-29(9-12-13(21)3-2-4-14(12)22)18-26-16-10(7-15-17(31)27-20(32)25-15)8-23-30(16)19(28-18)24-11-5-6-11/h2-4,7-8,11,31H,5-6,9H2,1H3,(H2,25,27,32). The van der Waals surface area contributed by atoms with Crippen LogP contribution in [0.15, 0.2) is 34.2 Å². The number of nitrogens with one attached hydrogen (secondary N) is 2. The zero-order valence-corrected chi connectivity index (χ0v) is 17.6. The molecule has 3 aromatic heterocycles. The van der Waals surface area contributed by atoms with Crippen LogP contribution in [-0.2, 0) is 6.54 Å². The van der Waals surface area contributed by atoms with E-state index in [0.29, 0.717) is 33.0 Å². The number of aromatic nitrogens is 6. The molecule has 5 rings (SSSR count). The Bertz CT molecular complexity index is 1480. The molecule has 0 unspecified atom stereocenters. The lowest BCUT2D eigenvalue weighted by atomic mass is 10.2. The van der Waals surface area contributed by atoms with Crippen LogP contribution in [0.25, 0.3) is 11.7 Å². The summed E-state index contributed by atoms with van der Waals surface area (Å²) in [4.78, 5) is 31.6. The normalized spacial score (nSPS) is 15.1. The molecule has 1 aromatic carbocycles. The van der Waals surface area contributed by atoms with Gasteiger partial charge in [-0.3, -0.25) is 4.98 Å². The van der Waals surface area contributed by atoms with E-state index in [-0.39, 0.29) is 24.2 Å². The SMILES string of the molecule is CN(Cc1c(F)cccc1Cl)c1nc(=NC2CC2)n2ncc(=Cc3[nH]c(=O)[nH]c3O)c2n1. The van der Waals surface area contributed by atoms with Crippen LogP contribution in [0.3, 0.4) is 0 Å². The number of rotatable bonds is 5. The fourth-order valence-corrected chi connectivity index (χ4v) is 3.45. The van der Waals surface area contributed by atoms with Crippen LogP contribution in [0.5, 0.6) is 5.88 Å². The lowest BCUT2D eigenvalue weighted by Crippen LogP contribution is -2.29. The second-order valence-electron chi connectivity index (χ2n) is 7.56. The Labute approximate surface area is 184 Å². The fraction of sp³-hybridized carbons (Fsp3) is 0.250. The molecule has 0 radical (unpaired) electrons. The average Bonchev–Trinajstić information content (AvgIpc) is 3.38. The third-order valence-corrected chi connectivity index (χ3v) is 5.40. The minimum Gasteiger partial charge on any atom is -0.493 e. The predicted octanol–water partition coefficient (Wildman–Crippen LogP) is 0.886. The quantitative estimate of drug-likeness (QED) is 0.409. The Kier molecular flexibility index (Phi) is 4.89. The zero-order chi connectivity index (χ0) is 22.4. The van der Waals surface area contributed by atoms with E-state index in [2.05, 4.69) is 30.0 Å². The smallest absolute Gasteiger partial charge is 0.326 e. The van der Waals surface area contributed by atoms with Gasteiger partial charge in [0, 0.05) is 29.4 Å². The molecule has 4 aromatic rings. The molecule has 0 atom stereocenters. The van der Waals surface area contributed by atoms with Crippen molar-refractivity contribution < 1.29 is 9.50 Å². The highest BCUT2D eigenvalue weighted by Gasteiger charge is 2.21. The number of imidazole rings is 1. The number of benzene rings is 1. The van der Waals surface area contributed by atoms with E-state index in [0.717, 1.165) is 12.8 Å². The van der Waals surface area contributed by atoms with Gasteiger partial charge in [-0.1, -0.05) is 17.7 Å². The number of halogens is 2. The summed E-state index contributed by atoms with van der Waals surface area (Å²) in [5.74, 6) is -0.408. The Balaban J connectivity index is 1.65. The highest BCUT2D eigenvalue weighted by molar-refractivity contribution is 6.31. The van der Waals surface area contributed by atoms with Crippen molar-refractivity contribution in [1.29, 1.82) is 0 Å². The molecule has 3 heterocycles. The molecule has 10 nitrogen and oxygen atoms in total. The number of nitrogens with zero attached hydrogens (tertiary/aromatic N) is 6. The summed E-state index contributed by atoms with van der Waals surface area (Å²) in [7, 11) is 1.73. The Hall–Kier alpha value is -3.73. The van der Waals surface area contributed by atoms with Crippen molar-refractivity contribution in [1.82, 2.24) is 29.5 Å². The van der Waals surface area contributed by atoms with E-state index < -0.39 is 11.5 Å². The highest BCUT2D eigenvalue weighted by atomic mass is 35.5. The molecule has 1 aliphatic rings. The van der Waals surface area contributed by atoms with Gasteiger partial charge in [-0.05, 0) is 31.1 Å². The number of hydrogen-bond donors (Lipinski definition) is 3. The van der Waals surface area contributed by atoms with Gasteiger partial charge in [-0.15, -0.1) is 0 Å². The monoisotopic (exact) mass is 456 g/mol. The molecule has 32 heavy (non-hydrogen) atoms. The molecule has 3 N–H and O–H groups in total. The molecule has 0 amide bonds. The molecule has 0 aliphatic heterocycles. The van der Waals surface area contributed by atoms with Crippen LogP contribution in [0.1, 0.15) is 24.1 Å². The molecule has 164 valence electrons. The fourth-order valence-electron chi connectivity index (χ4n) is 3.23. The molecule has 12 heteroatoms. The average molecular weight is 457 g/mol. The molecule has 1 saturated carbocycles. The van der Waals surface area contributed by atoms with Gasteiger partial charge in [0.1, 0.15) is 11.5 Å². The number of aromatic amines is 2. The summed E-state index contributed by atoms with van der Waals surface area (Å²) in [5, 5.41) is 15.1. The number of fused-ring (bicyclic) bond motifs is 1. The van der Waals surface area contributed by atoms with Gasteiger partial charge in [0.2, 0.25) is 11.8 Å². The lowest BCUT2D eigenvalue weighted by molar-refractivity contribution is 0.454. The molecule has 0 bridgehead atoms. The Morgan fingerprint density at radius 3 is 2.88 bits per heavy atom. The minimum absolute atomic E-state index is 0.143. The molecular weight excluding hydrogens is 439 g/mol. The first-order valence-electron chi connectivity index (χ1n) is 9.85. The van der Waals surface area contributed by atoms with Crippen molar-refractivity contribution >= 4 is 29.3 Å². The summed E-state index contributed by atoms with van der Waals surface area (Å²) in [5.41, 5.74) is 0.771. The van der Waals surface area contributed by atoms with Gasteiger partial charge in [0.25, 0.3) is 5.62 Å². The highest BCUT2D eigenvalue weighted by Crippen LogP contribution is 2.23. The van der Waals surface area contributed by atoms with Crippen LogP contribution < -0.4 is 21.4 Å². The van der Waals surface area contributed by atoms with Gasteiger partial charge < -0.3 is 15.0 Å². The third kappa shape index (κ3) is 3.82. The van der Waals surface area contributed by atoms with Crippen molar-refractivity contribution in [2.75, 3.05) is 11.9 Å². The van der Waals surface area contributed by atoms with Crippen molar-refractivity contribution in [2.45, 2.75) is 25.4 Å². The Morgan fingerprint density at radius 1 is 1.38 bits per heavy atom. The van der Waals surface area contributed by atoms with Crippen molar-refractivity contribution in [3.05, 3.63) is 67.8 Å². The van der Waals surface area contributed by atoms with E-state index in [1.807, 2.05) is 0 Å². The van der Waals surface area contributed by atoms with Crippen molar-refractivity contribution in [3.8, 4) is 5.88 Å². The van der Waals surface area contributed by atoms with Gasteiger partial charge in [0.15, 0.2) is 5.65 Å². The maximum absolute atomic E-state index is 14.3. The summed E-state index contributed by atoms with van der Waals surface area (Å²) in [6.45, 7) is 0.143. The van der Waals surface area contributed by atoms with E-state index in [1.165, 1.54) is 16.8 Å². The van der Waals surface area contributed by atoms with Crippen LogP contribution in [0.4, 0.5) is 10.3 Å². The first-order valence-corrected chi connectivity index (χ1v) is 10.2. The number of hydrogen-bond acceptors (Lipinski definition) is 7. The number of aromatic hydroxyl groups is 1. The third-order valence-electron chi connectivity index (χ3n) is 5.04. The summed E-state index contributed by atoms with van der Waals surface area (Å²) < 4.78 is 15.8.